The van der Waals surface area contributed by atoms with Gasteiger partial charge < -0.3 is 9.64 Å². The molecule has 2 heterocycles. The van der Waals surface area contributed by atoms with Crippen LogP contribution in [0.4, 0.5) is 5.82 Å². The molecule has 0 bridgehead atoms. The molecule has 0 spiro atoms. The van der Waals surface area contributed by atoms with E-state index in [-0.39, 0.29) is 17.7 Å². The van der Waals surface area contributed by atoms with Crippen LogP contribution in [0, 0.1) is 5.92 Å². The molecule has 8 nitrogen and oxygen atoms in total. The van der Waals surface area contributed by atoms with Crippen LogP contribution in [0.1, 0.15) is 12.8 Å². The summed E-state index contributed by atoms with van der Waals surface area (Å²) in [7, 11) is 1.36. The number of nitrogens with zero attached hydrogens (tertiary/aromatic N) is 2. The van der Waals surface area contributed by atoms with Crippen molar-refractivity contribution in [3.63, 3.8) is 0 Å². The lowest BCUT2D eigenvalue weighted by Crippen LogP contribution is -2.41. The number of nitrogens with one attached hydrogen (secondary N) is 2. The summed E-state index contributed by atoms with van der Waals surface area (Å²) >= 11 is 0. The molecule has 8 heteroatoms. The molecule has 0 aromatic carbocycles. The van der Waals surface area contributed by atoms with Crippen molar-refractivity contribution < 1.29 is 9.53 Å². The summed E-state index contributed by atoms with van der Waals surface area (Å²) in [5.41, 5.74) is -1.15. The average Bonchev–Trinajstić information content (AvgIpc) is 2.38. The minimum absolute atomic E-state index is 0.131. The lowest BCUT2D eigenvalue weighted by molar-refractivity contribution is -0.146. The number of carbonyl (C=O) groups is 1. The number of hydrogen-bond acceptors (Lipinski definition) is 6. The van der Waals surface area contributed by atoms with Crippen molar-refractivity contribution in [3.05, 3.63) is 20.8 Å². The standard InChI is InChI=1S/C10H14N4O4/c1-18-9(16)6-2-4-14(5-3-6)7-8(15)11-10(17)13-12-7/h6H,2-5H2,1H3,(H2,11,13,15,17). The predicted octanol–water partition coefficient (Wildman–Crippen LogP) is -1.15. The average molecular weight is 254 g/mol. The second-order valence-corrected chi connectivity index (χ2v) is 4.11. The zero-order valence-electron chi connectivity index (χ0n) is 9.93. The Morgan fingerprint density at radius 2 is 2.06 bits per heavy atom. The zero-order chi connectivity index (χ0) is 13.1. The highest BCUT2D eigenvalue weighted by Crippen LogP contribution is 2.20. The monoisotopic (exact) mass is 254 g/mol. The van der Waals surface area contributed by atoms with E-state index < -0.39 is 11.2 Å². The Kier molecular flexibility index (Phi) is 3.45. The maximum atomic E-state index is 11.5. The third kappa shape index (κ3) is 2.41. The van der Waals surface area contributed by atoms with Gasteiger partial charge in [-0.25, -0.2) is 9.89 Å². The largest absolute Gasteiger partial charge is 0.469 e. The van der Waals surface area contributed by atoms with Crippen LogP contribution in [-0.4, -0.2) is 41.3 Å². The summed E-state index contributed by atoms with van der Waals surface area (Å²) < 4.78 is 4.68. The van der Waals surface area contributed by atoms with Crippen LogP contribution in [0.5, 0.6) is 0 Å². The lowest BCUT2D eigenvalue weighted by Gasteiger charge is -2.30. The highest BCUT2D eigenvalue weighted by molar-refractivity contribution is 5.72. The van der Waals surface area contributed by atoms with Gasteiger partial charge in [-0.3, -0.25) is 14.6 Å². The molecule has 0 saturated carbocycles. The number of esters is 1. The van der Waals surface area contributed by atoms with Gasteiger partial charge in [-0.05, 0) is 12.8 Å². The molecule has 0 aliphatic carbocycles. The molecule has 0 unspecified atom stereocenters. The third-order valence-corrected chi connectivity index (χ3v) is 3.02. The van der Waals surface area contributed by atoms with E-state index in [9.17, 15) is 14.4 Å². The highest BCUT2D eigenvalue weighted by atomic mass is 16.5. The van der Waals surface area contributed by atoms with Gasteiger partial charge >= 0.3 is 11.7 Å². The molecule has 0 amide bonds. The van der Waals surface area contributed by atoms with Crippen LogP contribution in [0.25, 0.3) is 0 Å². The summed E-state index contributed by atoms with van der Waals surface area (Å²) in [5, 5.41) is 5.91. The summed E-state index contributed by atoms with van der Waals surface area (Å²) in [6.07, 6.45) is 1.21. The van der Waals surface area contributed by atoms with Gasteiger partial charge in [-0.1, -0.05) is 0 Å². The quantitative estimate of drug-likeness (QED) is 0.645. The fraction of sp³-hybridized carbons (Fsp3) is 0.600. The minimum Gasteiger partial charge on any atom is -0.469 e. The Labute approximate surface area is 102 Å². The highest BCUT2D eigenvalue weighted by Gasteiger charge is 2.27. The SMILES string of the molecule is COC(=O)C1CCN(c2n[nH]c(=O)[nH]c2=O)CC1. The third-order valence-electron chi connectivity index (χ3n) is 3.02. The first-order valence-electron chi connectivity index (χ1n) is 5.63. The maximum absolute atomic E-state index is 11.5. The number of methoxy groups -OCH3 is 1. The van der Waals surface area contributed by atoms with Crippen LogP contribution in [0.3, 0.4) is 0 Å². The number of carbonyl (C=O) groups excluding carboxylic acids is 1. The van der Waals surface area contributed by atoms with Crippen LogP contribution in [0.15, 0.2) is 9.59 Å². The molecule has 2 N–H and O–H groups in total. The second-order valence-electron chi connectivity index (χ2n) is 4.11. The van der Waals surface area contributed by atoms with Crippen molar-refractivity contribution in [3.8, 4) is 0 Å². The Morgan fingerprint density at radius 1 is 1.39 bits per heavy atom. The second kappa shape index (κ2) is 5.03. The molecule has 1 aromatic heterocycles. The minimum atomic E-state index is -0.631. The topological polar surface area (TPSA) is 108 Å². The van der Waals surface area contributed by atoms with Gasteiger partial charge in [-0.15, -0.1) is 5.10 Å². The molecule has 1 fully saturated rings. The first kappa shape index (κ1) is 12.3. The van der Waals surface area contributed by atoms with Gasteiger partial charge in [0.25, 0.3) is 5.56 Å². The van der Waals surface area contributed by atoms with Gasteiger partial charge in [-0.2, -0.15) is 0 Å². The fourth-order valence-corrected chi connectivity index (χ4v) is 2.05. The summed E-state index contributed by atoms with van der Waals surface area (Å²) in [6.45, 7) is 1.06. The van der Waals surface area contributed by atoms with E-state index in [0.717, 1.165) is 0 Å². The van der Waals surface area contributed by atoms with Crippen LogP contribution in [-0.2, 0) is 9.53 Å². The number of aromatic nitrogens is 3. The Balaban J connectivity index is 2.08. The number of anilines is 1. The summed E-state index contributed by atoms with van der Waals surface area (Å²) in [5.74, 6) is -0.177. The Morgan fingerprint density at radius 3 is 2.61 bits per heavy atom. The van der Waals surface area contributed by atoms with E-state index in [1.165, 1.54) is 7.11 Å². The van der Waals surface area contributed by atoms with Gasteiger partial charge in [0.15, 0.2) is 0 Å². The van der Waals surface area contributed by atoms with Gasteiger partial charge in [0, 0.05) is 13.1 Å². The summed E-state index contributed by atoms with van der Waals surface area (Å²) in [4.78, 5) is 37.6. The molecule has 0 atom stereocenters. The van der Waals surface area contributed by atoms with Crippen molar-refractivity contribution in [1.29, 1.82) is 0 Å². The molecule has 1 aromatic rings. The van der Waals surface area contributed by atoms with Crippen molar-refractivity contribution in [2.45, 2.75) is 12.8 Å². The number of ether oxygens (including phenoxy) is 1. The van der Waals surface area contributed by atoms with Crippen molar-refractivity contribution >= 4 is 11.8 Å². The number of hydrogen-bond donors (Lipinski definition) is 2. The fourth-order valence-electron chi connectivity index (χ4n) is 2.05. The molecule has 0 radical (unpaired) electrons. The van der Waals surface area contributed by atoms with Crippen molar-refractivity contribution in [2.24, 2.45) is 5.92 Å². The number of rotatable bonds is 2. The van der Waals surface area contributed by atoms with Crippen LogP contribution < -0.4 is 16.1 Å². The van der Waals surface area contributed by atoms with E-state index in [4.69, 9.17) is 0 Å². The number of aromatic amines is 2. The normalized spacial score (nSPS) is 16.6. The molecule has 18 heavy (non-hydrogen) atoms. The van der Waals surface area contributed by atoms with Gasteiger partial charge in [0.05, 0.1) is 13.0 Å². The van der Waals surface area contributed by atoms with E-state index in [1.807, 2.05) is 0 Å². The van der Waals surface area contributed by atoms with Crippen LogP contribution in [0.2, 0.25) is 0 Å². The lowest BCUT2D eigenvalue weighted by atomic mass is 9.97. The Bertz CT molecular complexity index is 541. The van der Waals surface area contributed by atoms with E-state index in [0.29, 0.717) is 25.9 Å². The van der Waals surface area contributed by atoms with Crippen LogP contribution >= 0.6 is 0 Å². The maximum Gasteiger partial charge on any atom is 0.342 e. The molecule has 98 valence electrons. The van der Waals surface area contributed by atoms with E-state index in [2.05, 4.69) is 19.9 Å². The van der Waals surface area contributed by atoms with Gasteiger partial charge in [0.2, 0.25) is 5.82 Å². The van der Waals surface area contributed by atoms with Gasteiger partial charge in [0.1, 0.15) is 0 Å². The molecular weight excluding hydrogens is 240 g/mol. The Hall–Kier alpha value is -2.12. The first-order valence-corrected chi connectivity index (χ1v) is 5.63. The zero-order valence-corrected chi connectivity index (χ0v) is 9.93. The molecular formula is C10H14N4O4. The molecule has 2 rings (SSSR count). The summed E-state index contributed by atoms with van der Waals surface area (Å²) in [6, 6.07) is 0. The van der Waals surface area contributed by atoms with Crippen molar-refractivity contribution in [1.82, 2.24) is 15.2 Å². The molecule has 1 aliphatic rings. The van der Waals surface area contributed by atoms with E-state index in [1.54, 1.807) is 4.90 Å². The number of H-pyrrole nitrogens is 2. The molecule has 1 aliphatic heterocycles. The predicted molar refractivity (Wildman–Crippen MR) is 62.4 cm³/mol. The smallest absolute Gasteiger partial charge is 0.342 e. The van der Waals surface area contributed by atoms with E-state index >= 15 is 0 Å². The number of piperidine rings is 1. The molecule has 1 saturated heterocycles. The first-order chi connectivity index (χ1) is 8.61. The van der Waals surface area contributed by atoms with Crippen molar-refractivity contribution in [2.75, 3.05) is 25.1 Å².